The number of pyridine rings is 1. The molecule has 130 valence electrons. The van der Waals surface area contributed by atoms with Crippen molar-refractivity contribution in [3.05, 3.63) is 40.8 Å². The van der Waals surface area contributed by atoms with Crippen LogP contribution in [-0.2, 0) is 18.3 Å². The van der Waals surface area contributed by atoms with Gasteiger partial charge in [-0.15, -0.1) is 0 Å². The average molecular weight is 351 g/mol. The van der Waals surface area contributed by atoms with Gasteiger partial charge in [0.05, 0.1) is 19.4 Å². The zero-order valence-corrected chi connectivity index (χ0v) is 14.8. The van der Waals surface area contributed by atoms with Crippen LogP contribution in [0.1, 0.15) is 30.1 Å². The molecule has 3 rings (SSSR count). The van der Waals surface area contributed by atoms with Gasteiger partial charge in [0.2, 0.25) is 5.88 Å². The Balaban J connectivity index is 1.57. The van der Waals surface area contributed by atoms with Gasteiger partial charge in [-0.2, -0.15) is 5.10 Å². The fourth-order valence-corrected chi connectivity index (χ4v) is 3.39. The first-order valence-corrected chi connectivity index (χ1v) is 8.54. The van der Waals surface area contributed by atoms with Gasteiger partial charge in [-0.25, -0.2) is 4.98 Å². The van der Waals surface area contributed by atoms with Crippen LogP contribution in [0.4, 0.5) is 0 Å². The Morgan fingerprint density at radius 2 is 2.33 bits per heavy atom. The molecule has 0 bridgehead atoms. The molecule has 24 heavy (non-hydrogen) atoms. The van der Waals surface area contributed by atoms with Crippen molar-refractivity contribution in [1.29, 1.82) is 0 Å². The van der Waals surface area contributed by atoms with Crippen LogP contribution in [0, 0.1) is 5.92 Å². The molecule has 3 heterocycles. The van der Waals surface area contributed by atoms with Crippen LogP contribution in [0.25, 0.3) is 0 Å². The van der Waals surface area contributed by atoms with Gasteiger partial charge in [0, 0.05) is 50.6 Å². The molecule has 0 saturated carbocycles. The van der Waals surface area contributed by atoms with Crippen LogP contribution in [-0.4, -0.2) is 35.0 Å². The summed E-state index contributed by atoms with van der Waals surface area (Å²) in [6.07, 6.45) is 8.07. The van der Waals surface area contributed by atoms with Gasteiger partial charge in [-0.05, 0) is 24.5 Å². The predicted octanol–water partition coefficient (Wildman–Crippen LogP) is 2.73. The fourth-order valence-electron chi connectivity index (χ4n) is 3.12. The Morgan fingerprint density at radius 1 is 1.46 bits per heavy atom. The van der Waals surface area contributed by atoms with Gasteiger partial charge >= 0.3 is 0 Å². The van der Waals surface area contributed by atoms with E-state index in [2.05, 4.69) is 15.4 Å². The largest absolute Gasteiger partial charge is 0.480 e. The number of rotatable bonds is 6. The Kier molecular flexibility index (Phi) is 5.71. The lowest BCUT2D eigenvalue weighted by molar-refractivity contribution is -0.0279. The van der Waals surface area contributed by atoms with Crippen LogP contribution in [0.3, 0.4) is 0 Å². The topological polar surface area (TPSA) is 61.2 Å². The van der Waals surface area contributed by atoms with Crippen molar-refractivity contribution in [2.24, 2.45) is 13.0 Å². The standard InChI is InChI=1S/C17H23ClN4O2/c1-22-11-14(10-21-22)16-13(4-3-5-24-16)9-19-7-12-6-15(18)17(23-2)20-8-12/h6,8,10-11,13,16,19H,3-5,7,9H2,1-2H3/t13-,16+/m0/s1. The normalized spacial score (nSPS) is 21.0. The summed E-state index contributed by atoms with van der Waals surface area (Å²) in [4.78, 5) is 4.20. The summed E-state index contributed by atoms with van der Waals surface area (Å²) in [5.41, 5.74) is 2.19. The minimum absolute atomic E-state index is 0.109. The van der Waals surface area contributed by atoms with E-state index >= 15 is 0 Å². The third-order valence-corrected chi connectivity index (χ3v) is 4.56. The smallest absolute Gasteiger partial charge is 0.232 e. The lowest BCUT2D eigenvalue weighted by Gasteiger charge is -2.31. The van der Waals surface area contributed by atoms with Crippen LogP contribution in [0.5, 0.6) is 5.88 Å². The molecule has 0 radical (unpaired) electrons. The number of hydrogen-bond acceptors (Lipinski definition) is 5. The number of ether oxygens (including phenoxy) is 2. The highest BCUT2D eigenvalue weighted by Crippen LogP contribution is 2.33. The molecule has 6 nitrogen and oxygen atoms in total. The molecule has 0 aromatic carbocycles. The van der Waals surface area contributed by atoms with Gasteiger partial charge < -0.3 is 14.8 Å². The maximum Gasteiger partial charge on any atom is 0.232 e. The minimum Gasteiger partial charge on any atom is -0.480 e. The van der Waals surface area contributed by atoms with Crippen molar-refractivity contribution in [2.45, 2.75) is 25.5 Å². The summed E-state index contributed by atoms with van der Waals surface area (Å²) in [6.45, 7) is 2.41. The van der Waals surface area contributed by atoms with Gasteiger partial charge in [0.15, 0.2) is 0 Å². The second kappa shape index (κ2) is 7.96. The minimum atomic E-state index is 0.109. The van der Waals surface area contributed by atoms with Crippen molar-refractivity contribution >= 4 is 11.6 Å². The lowest BCUT2D eigenvalue weighted by Crippen LogP contribution is -2.31. The molecule has 2 aromatic heterocycles. The molecule has 0 spiro atoms. The molecule has 1 aliphatic heterocycles. The average Bonchev–Trinajstić information content (AvgIpc) is 3.02. The van der Waals surface area contributed by atoms with E-state index in [0.29, 0.717) is 23.4 Å². The highest BCUT2D eigenvalue weighted by atomic mass is 35.5. The molecule has 1 saturated heterocycles. The molecule has 7 heteroatoms. The molecular weight excluding hydrogens is 328 g/mol. The molecule has 1 aliphatic rings. The van der Waals surface area contributed by atoms with Crippen LogP contribution in [0.2, 0.25) is 5.02 Å². The third kappa shape index (κ3) is 4.06. The Bertz CT molecular complexity index is 676. The molecule has 2 aromatic rings. The number of nitrogens with zero attached hydrogens (tertiary/aromatic N) is 3. The van der Waals surface area contributed by atoms with Gasteiger partial charge in [-0.3, -0.25) is 4.68 Å². The first-order valence-electron chi connectivity index (χ1n) is 8.16. The quantitative estimate of drug-likeness (QED) is 0.868. The maximum absolute atomic E-state index is 6.12. The summed E-state index contributed by atoms with van der Waals surface area (Å²) < 4.78 is 12.9. The highest BCUT2D eigenvalue weighted by molar-refractivity contribution is 6.31. The monoisotopic (exact) mass is 350 g/mol. The molecular formula is C17H23ClN4O2. The number of aromatic nitrogens is 3. The summed E-state index contributed by atoms with van der Waals surface area (Å²) in [6, 6.07) is 1.89. The van der Waals surface area contributed by atoms with Crippen molar-refractivity contribution < 1.29 is 9.47 Å². The second-order valence-corrected chi connectivity index (χ2v) is 6.51. The summed E-state index contributed by atoms with van der Waals surface area (Å²) >= 11 is 6.12. The molecule has 2 atom stereocenters. The Morgan fingerprint density at radius 3 is 3.04 bits per heavy atom. The van der Waals surface area contributed by atoms with Gasteiger partial charge in [0.1, 0.15) is 5.02 Å². The molecule has 1 fully saturated rings. The molecule has 0 amide bonds. The Hall–Kier alpha value is -1.63. The van der Waals surface area contributed by atoms with Crippen LogP contribution < -0.4 is 10.1 Å². The summed E-state index contributed by atoms with van der Waals surface area (Å²) in [5.74, 6) is 0.891. The van der Waals surface area contributed by atoms with Crippen molar-refractivity contribution in [2.75, 3.05) is 20.3 Å². The van der Waals surface area contributed by atoms with Gasteiger partial charge in [0.25, 0.3) is 0 Å². The molecule has 0 aliphatic carbocycles. The zero-order chi connectivity index (χ0) is 16.9. The first-order chi connectivity index (χ1) is 11.7. The van der Waals surface area contributed by atoms with Gasteiger partial charge in [-0.1, -0.05) is 11.6 Å². The van der Waals surface area contributed by atoms with Crippen LogP contribution in [0.15, 0.2) is 24.7 Å². The van der Waals surface area contributed by atoms with E-state index < -0.39 is 0 Å². The van der Waals surface area contributed by atoms with E-state index in [1.165, 1.54) is 0 Å². The molecule has 0 unspecified atom stereocenters. The number of nitrogens with one attached hydrogen (secondary N) is 1. The maximum atomic E-state index is 6.12. The number of halogens is 1. The third-order valence-electron chi connectivity index (χ3n) is 4.29. The van der Waals surface area contributed by atoms with E-state index in [0.717, 1.165) is 37.1 Å². The predicted molar refractivity (Wildman–Crippen MR) is 92.1 cm³/mol. The van der Waals surface area contributed by atoms with Crippen molar-refractivity contribution in [1.82, 2.24) is 20.1 Å². The van der Waals surface area contributed by atoms with E-state index in [9.17, 15) is 0 Å². The number of methoxy groups -OCH3 is 1. The summed E-state index contributed by atoms with van der Waals surface area (Å²) in [7, 11) is 3.49. The van der Waals surface area contributed by atoms with Crippen molar-refractivity contribution in [3.63, 3.8) is 0 Å². The summed E-state index contributed by atoms with van der Waals surface area (Å²) in [5, 5.41) is 8.29. The fraction of sp³-hybridized carbons (Fsp3) is 0.529. The lowest BCUT2D eigenvalue weighted by atomic mass is 9.91. The van der Waals surface area contributed by atoms with Crippen molar-refractivity contribution in [3.8, 4) is 5.88 Å². The highest BCUT2D eigenvalue weighted by Gasteiger charge is 2.28. The SMILES string of the molecule is COc1ncc(CNC[C@@H]2CCCO[C@H]2c2cnn(C)c2)cc1Cl. The van der Waals surface area contributed by atoms with E-state index in [1.54, 1.807) is 13.3 Å². The first kappa shape index (κ1) is 17.2. The number of aryl methyl sites for hydroxylation is 1. The zero-order valence-electron chi connectivity index (χ0n) is 14.0. The van der Waals surface area contributed by atoms with Crippen LogP contribution >= 0.6 is 11.6 Å². The van der Waals surface area contributed by atoms with E-state index in [4.69, 9.17) is 21.1 Å². The van der Waals surface area contributed by atoms with E-state index in [-0.39, 0.29) is 6.10 Å². The second-order valence-electron chi connectivity index (χ2n) is 6.11. The van der Waals surface area contributed by atoms with E-state index in [1.807, 2.05) is 30.2 Å². The molecule has 1 N–H and O–H groups in total. The Labute approximate surface area is 147 Å². The number of hydrogen-bond donors (Lipinski definition) is 1.